The number of benzene rings is 1. The highest BCUT2D eigenvalue weighted by Crippen LogP contribution is 2.18. The Labute approximate surface area is 66.9 Å². The molecule has 1 rings (SSSR count). The zero-order valence-electron chi connectivity index (χ0n) is 6.89. The van der Waals surface area contributed by atoms with E-state index >= 15 is 0 Å². The maximum Gasteiger partial charge on any atom is 0.113 e. The Hall–Kier alpha value is -1.02. The molecule has 1 aromatic rings. The molecule has 0 heterocycles. The van der Waals surface area contributed by atoms with Crippen LogP contribution in [0.15, 0.2) is 18.2 Å². The molecule has 0 atom stereocenters. The molecule has 2 heteroatoms. The van der Waals surface area contributed by atoms with Gasteiger partial charge < -0.3 is 10.4 Å². The second-order valence-electron chi connectivity index (χ2n) is 2.60. The van der Waals surface area contributed by atoms with Gasteiger partial charge in [-0.2, -0.15) is 0 Å². The number of para-hydroxylation sites is 1. The molecule has 0 aromatic heterocycles. The predicted octanol–water partition coefficient (Wildman–Crippen LogP) is 1.67. The molecule has 1 aromatic carbocycles. The Balaban J connectivity index is 3.00. The Kier molecular flexibility index (Phi) is 2.49. The van der Waals surface area contributed by atoms with E-state index in [-0.39, 0.29) is 6.73 Å². The van der Waals surface area contributed by atoms with Crippen molar-refractivity contribution < 1.29 is 5.11 Å². The van der Waals surface area contributed by atoms with Crippen molar-refractivity contribution in [2.24, 2.45) is 0 Å². The van der Waals surface area contributed by atoms with Crippen molar-refractivity contribution in [2.75, 3.05) is 12.0 Å². The number of nitrogens with one attached hydrogen (secondary N) is 1. The SMILES string of the molecule is Cc1cccc(C)c1NCO. The maximum atomic E-state index is 8.66. The highest BCUT2D eigenvalue weighted by Gasteiger charge is 1.98. The average molecular weight is 151 g/mol. The van der Waals surface area contributed by atoms with E-state index in [1.165, 1.54) is 11.1 Å². The van der Waals surface area contributed by atoms with Gasteiger partial charge >= 0.3 is 0 Å². The molecule has 0 saturated carbocycles. The quantitative estimate of drug-likeness (QED) is 0.630. The van der Waals surface area contributed by atoms with E-state index in [2.05, 4.69) is 5.32 Å². The van der Waals surface area contributed by atoms with Crippen molar-refractivity contribution in [1.82, 2.24) is 0 Å². The van der Waals surface area contributed by atoms with Crippen molar-refractivity contribution >= 4 is 5.69 Å². The summed E-state index contributed by atoms with van der Waals surface area (Å²) in [4.78, 5) is 0. The summed E-state index contributed by atoms with van der Waals surface area (Å²) in [5.74, 6) is 0. The second kappa shape index (κ2) is 3.39. The highest BCUT2D eigenvalue weighted by molar-refractivity contribution is 5.56. The summed E-state index contributed by atoms with van der Waals surface area (Å²) in [6, 6.07) is 6.04. The monoisotopic (exact) mass is 151 g/mol. The van der Waals surface area contributed by atoms with Crippen molar-refractivity contribution in [2.45, 2.75) is 13.8 Å². The summed E-state index contributed by atoms with van der Waals surface area (Å²) in [5, 5.41) is 11.6. The first kappa shape index (κ1) is 8.08. The lowest BCUT2D eigenvalue weighted by molar-refractivity contribution is 0.325. The molecule has 60 valence electrons. The van der Waals surface area contributed by atoms with Gasteiger partial charge in [0.1, 0.15) is 6.73 Å². The molecule has 0 aliphatic rings. The topological polar surface area (TPSA) is 32.3 Å². The predicted molar refractivity (Wildman–Crippen MR) is 46.6 cm³/mol. The van der Waals surface area contributed by atoms with Gasteiger partial charge in [0.05, 0.1) is 0 Å². The van der Waals surface area contributed by atoms with Gasteiger partial charge in [-0.15, -0.1) is 0 Å². The minimum absolute atomic E-state index is 0.00824. The fraction of sp³-hybridized carbons (Fsp3) is 0.333. The lowest BCUT2D eigenvalue weighted by atomic mass is 10.1. The van der Waals surface area contributed by atoms with Crippen molar-refractivity contribution in [3.8, 4) is 0 Å². The molecular weight excluding hydrogens is 138 g/mol. The fourth-order valence-corrected chi connectivity index (χ4v) is 1.17. The zero-order valence-corrected chi connectivity index (χ0v) is 6.89. The number of anilines is 1. The minimum Gasteiger partial charge on any atom is -0.377 e. The number of rotatable bonds is 2. The first-order valence-corrected chi connectivity index (χ1v) is 3.66. The molecule has 0 fully saturated rings. The Morgan fingerprint density at radius 3 is 2.27 bits per heavy atom. The molecular formula is C9H13NO. The number of aliphatic hydroxyl groups is 1. The Morgan fingerprint density at radius 2 is 1.82 bits per heavy atom. The third kappa shape index (κ3) is 1.71. The Morgan fingerprint density at radius 1 is 1.27 bits per heavy atom. The molecule has 0 bridgehead atoms. The highest BCUT2D eigenvalue weighted by atomic mass is 16.3. The van der Waals surface area contributed by atoms with Crippen LogP contribution in [0.2, 0.25) is 0 Å². The molecule has 2 nitrogen and oxygen atoms in total. The van der Waals surface area contributed by atoms with Gasteiger partial charge in [-0.3, -0.25) is 0 Å². The van der Waals surface area contributed by atoms with Crippen molar-refractivity contribution in [3.63, 3.8) is 0 Å². The summed E-state index contributed by atoms with van der Waals surface area (Å²) >= 11 is 0. The lowest BCUT2D eigenvalue weighted by Gasteiger charge is -2.09. The van der Waals surface area contributed by atoms with E-state index in [9.17, 15) is 0 Å². The van der Waals surface area contributed by atoms with Crippen molar-refractivity contribution in [1.29, 1.82) is 0 Å². The largest absolute Gasteiger partial charge is 0.377 e. The van der Waals surface area contributed by atoms with Crippen molar-refractivity contribution in [3.05, 3.63) is 29.3 Å². The molecule has 2 N–H and O–H groups in total. The third-order valence-corrected chi connectivity index (χ3v) is 1.74. The molecule has 11 heavy (non-hydrogen) atoms. The van der Waals surface area contributed by atoms with E-state index in [4.69, 9.17) is 5.11 Å². The summed E-state index contributed by atoms with van der Waals surface area (Å²) in [6.07, 6.45) is 0. The number of aryl methyl sites for hydroxylation is 2. The van der Waals surface area contributed by atoms with Crippen LogP contribution in [0.3, 0.4) is 0 Å². The molecule has 0 aliphatic heterocycles. The fourth-order valence-electron chi connectivity index (χ4n) is 1.17. The van der Waals surface area contributed by atoms with E-state index < -0.39 is 0 Å². The van der Waals surface area contributed by atoms with E-state index in [0.717, 1.165) is 5.69 Å². The van der Waals surface area contributed by atoms with Gasteiger partial charge in [0.25, 0.3) is 0 Å². The van der Waals surface area contributed by atoms with Gasteiger partial charge in [-0.05, 0) is 25.0 Å². The van der Waals surface area contributed by atoms with Gasteiger partial charge in [0, 0.05) is 5.69 Å². The molecule has 0 spiro atoms. The Bertz CT molecular complexity index is 225. The number of hydrogen-bond acceptors (Lipinski definition) is 2. The summed E-state index contributed by atoms with van der Waals surface area (Å²) in [7, 11) is 0. The smallest absolute Gasteiger partial charge is 0.113 e. The van der Waals surface area contributed by atoms with E-state index in [0.29, 0.717) is 0 Å². The standard InChI is InChI=1S/C9H13NO/c1-7-4-3-5-8(2)9(7)10-6-11/h3-5,10-11H,6H2,1-2H3. The zero-order chi connectivity index (χ0) is 8.27. The molecule has 0 radical (unpaired) electrons. The van der Waals surface area contributed by atoms with E-state index in [1.807, 2.05) is 32.0 Å². The third-order valence-electron chi connectivity index (χ3n) is 1.74. The number of hydrogen-bond donors (Lipinski definition) is 2. The van der Waals surface area contributed by atoms with Gasteiger partial charge in [0.2, 0.25) is 0 Å². The molecule has 0 saturated heterocycles. The summed E-state index contributed by atoms with van der Waals surface area (Å²) in [5.41, 5.74) is 3.37. The van der Waals surface area contributed by atoms with Crippen LogP contribution >= 0.6 is 0 Å². The second-order valence-corrected chi connectivity index (χ2v) is 2.60. The number of aliphatic hydroxyl groups excluding tert-OH is 1. The van der Waals surface area contributed by atoms with Crippen LogP contribution in [-0.4, -0.2) is 11.8 Å². The van der Waals surface area contributed by atoms with Crippen LogP contribution < -0.4 is 5.32 Å². The molecule has 0 amide bonds. The van der Waals surface area contributed by atoms with Gasteiger partial charge in [-0.25, -0.2) is 0 Å². The van der Waals surface area contributed by atoms with Crippen LogP contribution in [0.1, 0.15) is 11.1 Å². The van der Waals surface area contributed by atoms with Crippen LogP contribution in [0.4, 0.5) is 5.69 Å². The summed E-state index contributed by atoms with van der Waals surface area (Å²) in [6.45, 7) is 4.03. The molecule has 0 aliphatic carbocycles. The summed E-state index contributed by atoms with van der Waals surface area (Å²) < 4.78 is 0. The lowest BCUT2D eigenvalue weighted by Crippen LogP contribution is -2.02. The van der Waals surface area contributed by atoms with Gasteiger partial charge in [-0.1, -0.05) is 18.2 Å². The van der Waals surface area contributed by atoms with Crippen LogP contribution in [0, 0.1) is 13.8 Å². The first-order valence-electron chi connectivity index (χ1n) is 3.66. The molecule has 0 unspecified atom stereocenters. The van der Waals surface area contributed by atoms with Crippen LogP contribution in [0.5, 0.6) is 0 Å². The van der Waals surface area contributed by atoms with Crippen LogP contribution in [-0.2, 0) is 0 Å². The first-order chi connectivity index (χ1) is 5.25. The normalized spacial score (nSPS) is 9.73. The van der Waals surface area contributed by atoms with Crippen LogP contribution in [0.25, 0.3) is 0 Å². The maximum absolute atomic E-state index is 8.66. The minimum atomic E-state index is -0.00824. The van der Waals surface area contributed by atoms with E-state index in [1.54, 1.807) is 0 Å². The van der Waals surface area contributed by atoms with Gasteiger partial charge in [0.15, 0.2) is 0 Å². The average Bonchev–Trinajstić information content (AvgIpc) is 1.97.